The molecule has 8 heteroatoms. The molecular weight excluding hydrogens is 388 g/mol. The summed E-state index contributed by atoms with van der Waals surface area (Å²) in [6.07, 6.45) is 0. The molecule has 0 spiro atoms. The van der Waals surface area contributed by atoms with Gasteiger partial charge in [0.05, 0.1) is 39.2 Å². The molecular formula is C22H24N2O6. The third-order valence-electron chi connectivity index (χ3n) is 4.85. The minimum atomic E-state index is -0.489. The van der Waals surface area contributed by atoms with Crippen molar-refractivity contribution >= 4 is 23.1 Å². The maximum Gasteiger partial charge on any atom is 0.282 e. The Morgan fingerprint density at radius 2 is 1.43 bits per heavy atom. The van der Waals surface area contributed by atoms with Crippen LogP contribution in [-0.4, -0.2) is 63.3 Å². The lowest BCUT2D eigenvalue weighted by Gasteiger charge is -2.21. The summed E-state index contributed by atoms with van der Waals surface area (Å²) in [5.41, 5.74) is 1.37. The van der Waals surface area contributed by atoms with Crippen LogP contribution in [0.5, 0.6) is 17.2 Å². The Balaban J connectivity index is 2.13. The van der Waals surface area contributed by atoms with E-state index in [1.165, 1.54) is 14.2 Å². The van der Waals surface area contributed by atoms with E-state index in [-0.39, 0.29) is 24.4 Å². The smallest absolute Gasteiger partial charge is 0.282 e. The van der Waals surface area contributed by atoms with Gasteiger partial charge in [-0.15, -0.1) is 0 Å². The number of carbonyl (C=O) groups is 2. The van der Waals surface area contributed by atoms with E-state index in [9.17, 15) is 14.7 Å². The van der Waals surface area contributed by atoms with Gasteiger partial charge in [-0.05, 0) is 17.7 Å². The van der Waals surface area contributed by atoms with Crippen LogP contribution in [0.3, 0.4) is 0 Å². The number of hydrogen-bond donors (Lipinski definition) is 1. The van der Waals surface area contributed by atoms with Gasteiger partial charge in [0.15, 0.2) is 0 Å². The number of aliphatic hydroxyl groups excluding tert-OH is 1. The topological polar surface area (TPSA) is 88.5 Å². The molecule has 2 amide bonds. The molecule has 2 aromatic carbocycles. The van der Waals surface area contributed by atoms with Gasteiger partial charge in [0.1, 0.15) is 22.9 Å². The molecule has 0 saturated carbocycles. The number of carbonyl (C=O) groups excluding carboxylic acids is 2. The average molecular weight is 412 g/mol. The Morgan fingerprint density at radius 3 is 1.93 bits per heavy atom. The highest BCUT2D eigenvalue weighted by molar-refractivity contribution is 6.45. The molecule has 8 nitrogen and oxygen atoms in total. The number of aliphatic hydroxyl groups is 1. The SMILES string of the molecule is COc1ccc(C2=C(N(C)CCO)C(=O)N(c3cc(OC)cc(OC)c3)C2=O)cc1. The van der Waals surface area contributed by atoms with Crippen LogP contribution in [0.4, 0.5) is 5.69 Å². The van der Waals surface area contributed by atoms with Crippen molar-refractivity contribution in [3.05, 3.63) is 53.7 Å². The van der Waals surface area contributed by atoms with Gasteiger partial charge in [-0.3, -0.25) is 9.59 Å². The van der Waals surface area contributed by atoms with Crippen molar-refractivity contribution in [3.8, 4) is 17.2 Å². The minimum absolute atomic E-state index is 0.162. The number of rotatable bonds is 8. The second-order valence-electron chi connectivity index (χ2n) is 6.61. The van der Waals surface area contributed by atoms with Crippen LogP contribution in [0.2, 0.25) is 0 Å². The highest BCUT2D eigenvalue weighted by atomic mass is 16.5. The highest BCUT2D eigenvalue weighted by Crippen LogP contribution is 2.37. The summed E-state index contributed by atoms with van der Waals surface area (Å²) in [6.45, 7) is 0.0353. The number of methoxy groups -OCH3 is 3. The second kappa shape index (κ2) is 8.87. The van der Waals surface area contributed by atoms with Crippen LogP contribution in [0.25, 0.3) is 5.57 Å². The van der Waals surface area contributed by atoms with E-state index in [4.69, 9.17) is 14.2 Å². The summed E-state index contributed by atoms with van der Waals surface area (Å²) >= 11 is 0. The van der Waals surface area contributed by atoms with E-state index in [1.54, 1.807) is 61.5 Å². The Kier molecular flexibility index (Phi) is 6.27. The first-order chi connectivity index (χ1) is 14.4. The molecule has 0 saturated heterocycles. The fourth-order valence-electron chi connectivity index (χ4n) is 3.31. The quantitative estimate of drug-likeness (QED) is 0.663. The Labute approximate surface area is 174 Å². The van der Waals surface area contributed by atoms with Crippen LogP contribution in [0, 0.1) is 0 Å². The van der Waals surface area contributed by atoms with Crippen molar-refractivity contribution < 1.29 is 28.9 Å². The predicted molar refractivity (Wildman–Crippen MR) is 112 cm³/mol. The monoisotopic (exact) mass is 412 g/mol. The Hall–Kier alpha value is -3.52. The molecule has 158 valence electrons. The summed E-state index contributed by atoms with van der Waals surface area (Å²) < 4.78 is 15.7. The number of benzene rings is 2. The fourth-order valence-corrected chi connectivity index (χ4v) is 3.31. The summed E-state index contributed by atoms with van der Waals surface area (Å²) in [7, 11) is 6.20. The second-order valence-corrected chi connectivity index (χ2v) is 6.61. The fraction of sp³-hybridized carbons (Fsp3) is 0.273. The summed E-state index contributed by atoms with van der Waals surface area (Å²) in [4.78, 5) is 29.5. The molecule has 0 aromatic heterocycles. The molecule has 1 N–H and O–H groups in total. The van der Waals surface area contributed by atoms with E-state index < -0.39 is 11.8 Å². The summed E-state index contributed by atoms with van der Waals surface area (Å²) in [5.74, 6) is 0.578. The van der Waals surface area contributed by atoms with Gasteiger partial charge >= 0.3 is 0 Å². The zero-order valence-electron chi connectivity index (χ0n) is 17.3. The van der Waals surface area contributed by atoms with E-state index in [2.05, 4.69) is 0 Å². The van der Waals surface area contributed by atoms with Crippen molar-refractivity contribution in [3.63, 3.8) is 0 Å². The number of hydrogen-bond acceptors (Lipinski definition) is 7. The number of likely N-dealkylation sites (N-methyl/N-ethyl adjacent to an activating group) is 1. The summed E-state index contributed by atoms with van der Waals surface area (Å²) in [5, 5.41) is 9.37. The van der Waals surface area contributed by atoms with E-state index in [1.807, 2.05) is 0 Å². The molecule has 30 heavy (non-hydrogen) atoms. The normalized spacial score (nSPS) is 13.7. The van der Waals surface area contributed by atoms with E-state index in [0.717, 1.165) is 4.90 Å². The zero-order valence-corrected chi connectivity index (χ0v) is 17.3. The minimum Gasteiger partial charge on any atom is -0.497 e. The van der Waals surface area contributed by atoms with Gasteiger partial charge in [-0.1, -0.05) is 12.1 Å². The first-order valence-electron chi connectivity index (χ1n) is 9.27. The number of amides is 2. The lowest BCUT2D eigenvalue weighted by atomic mass is 10.0. The molecule has 2 aromatic rings. The molecule has 0 unspecified atom stereocenters. The third-order valence-corrected chi connectivity index (χ3v) is 4.85. The van der Waals surface area contributed by atoms with Gasteiger partial charge < -0.3 is 24.2 Å². The standard InChI is InChI=1S/C22H24N2O6/c1-23(9-10-25)20-19(14-5-7-16(28-2)8-6-14)21(26)24(22(20)27)15-11-17(29-3)13-18(12-15)30-4/h5-8,11-13,25H,9-10H2,1-4H3. The molecule has 0 bridgehead atoms. The molecule has 0 radical (unpaired) electrons. The molecule has 1 aliphatic heterocycles. The van der Waals surface area contributed by atoms with E-state index >= 15 is 0 Å². The molecule has 1 aliphatic rings. The largest absolute Gasteiger partial charge is 0.497 e. The number of nitrogens with zero attached hydrogens (tertiary/aromatic N) is 2. The van der Waals surface area contributed by atoms with Gasteiger partial charge in [0.25, 0.3) is 11.8 Å². The predicted octanol–water partition coefficient (Wildman–Crippen LogP) is 1.92. The molecule has 0 aliphatic carbocycles. The third kappa shape index (κ3) is 3.81. The number of imide groups is 1. The van der Waals surface area contributed by atoms with E-state index in [0.29, 0.717) is 28.5 Å². The molecule has 3 rings (SSSR count). The lowest BCUT2D eigenvalue weighted by molar-refractivity contribution is -0.120. The van der Waals surface area contributed by atoms with Gasteiger partial charge in [0, 0.05) is 31.8 Å². The zero-order chi connectivity index (χ0) is 21.8. The Morgan fingerprint density at radius 1 is 0.867 bits per heavy atom. The maximum absolute atomic E-state index is 13.4. The molecule has 1 heterocycles. The molecule has 0 fully saturated rings. The number of ether oxygens (including phenoxy) is 3. The van der Waals surface area contributed by atoms with Crippen molar-refractivity contribution in [1.82, 2.24) is 4.90 Å². The van der Waals surface area contributed by atoms with Crippen LogP contribution >= 0.6 is 0 Å². The molecule has 0 atom stereocenters. The van der Waals surface area contributed by atoms with Gasteiger partial charge in [-0.25, -0.2) is 4.90 Å². The Bertz CT molecular complexity index is 961. The number of anilines is 1. The average Bonchev–Trinajstić information content (AvgIpc) is 3.03. The van der Waals surface area contributed by atoms with Crippen LogP contribution in [0.15, 0.2) is 48.2 Å². The first kappa shape index (κ1) is 21.2. The van der Waals surface area contributed by atoms with Crippen LogP contribution in [-0.2, 0) is 9.59 Å². The summed E-state index contributed by atoms with van der Waals surface area (Å²) in [6, 6.07) is 11.7. The lowest BCUT2D eigenvalue weighted by Crippen LogP contribution is -2.34. The first-order valence-corrected chi connectivity index (χ1v) is 9.27. The van der Waals surface area contributed by atoms with Crippen molar-refractivity contribution in [2.24, 2.45) is 0 Å². The maximum atomic E-state index is 13.4. The van der Waals surface area contributed by atoms with Gasteiger partial charge in [0.2, 0.25) is 0 Å². The van der Waals surface area contributed by atoms with Gasteiger partial charge in [-0.2, -0.15) is 0 Å². The van der Waals surface area contributed by atoms with Crippen molar-refractivity contribution in [2.45, 2.75) is 0 Å². The van der Waals surface area contributed by atoms with Crippen molar-refractivity contribution in [2.75, 3.05) is 46.4 Å². The highest BCUT2D eigenvalue weighted by Gasteiger charge is 2.42. The van der Waals surface area contributed by atoms with Crippen molar-refractivity contribution in [1.29, 1.82) is 0 Å². The van der Waals surface area contributed by atoms with Crippen LogP contribution < -0.4 is 19.1 Å². The van der Waals surface area contributed by atoms with Crippen LogP contribution in [0.1, 0.15) is 5.56 Å².